The van der Waals surface area contributed by atoms with Gasteiger partial charge in [-0.25, -0.2) is 14.8 Å². The van der Waals surface area contributed by atoms with Crippen LogP contribution in [0.3, 0.4) is 0 Å². The molecule has 1 aliphatic rings. The molecule has 142 valence electrons. The number of aryl methyl sites for hydroxylation is 1. The van der Waals surface area contributed by atoms with E-state index in [9.17, 15) is 14.7 Å². The summed E-state index contributed by atoms with van der Waals surface area (Å²) >= 11 is 0. The maximum absolute atomic E-state index is 12.5. The Balaban J connectivity index is 1.88. The monoisotopic (exact) mass is 368 g/mol. The van der Waals surface area contributed by atoms with Gasteiger partial charge in [-0.15, -0.1) is 0 Å². The van der Waals surface area contributed by atoms with Crippen LogP contribution in [-0.2, 0) is 4.79 Å². The average Bonchev–Trinajstić information content (AvgIpc) is 3.09. The fraction of sp³-hybridized carbons (Fsp3) is 0.450. The number of carbonyl (C=O) groups is 2. The van der Waals surface area contributed by atoms with Crippen LogP contribution in [-0.4, -0.2) is 49.9 Å². The van der Waals surface area contributed by atoms with E-state index in [-0.39, 0.29) is 17.4 Å². The predicted octanol–water partition coefficient (Wildman–Crippen LogP) is 2.91. The summed E-state index contributed by atoms with van der Waals surface area (Å²) in [5.41, 5.74) is 1.89. The van der Waals surface area contributed by atoms with Crippen molar-refractivity contribution in [2.75, 3.05) is 13.1 Å². The first-order chi connectivity index (χ1) is 12.6. The number of carbonyl (C=O) groups excluding carboxylic acids is 1. The topological polar surface area (TPSA) is 96.3 Å². The van der Waals surface area contributed by atoms with Gasteiger partial charge in [-0.3, -0.25) is 9.78 Å². The van der Waals surface area contributed by atoms with E-state index in [2.05, 4.69) is 15.0 Å². The van der Waals surface area contributed by atoms with Crippen molar-refractivity contribution in [3.63, 3.8) is 0 Å². The summed E-state index contributed by atoms with van der Waals surface area (Å²) in [7, 11) is 0. The second kappa shape index (κ2) is 7.06. The number of amides is 1. The van der Waals surface area contributed by atoms with Gasteiger partial charge in [0.15, 0.2) is 0 Å². The fourth-order valence-corrected chi connectivity index (χ4v) is 3.31. The van der Waals surface area contributed by atoms with Gasteiger partial charge in [-0.05, 0) is 25.5 Å². The highest BCUT2D eigenvalue weighted by molar-refractivity contribution is 5.88. The molecule has 1 aliphatic heterocycles. The standard InChI is InChI=1S/C20H24N4O3/c1-12-22-16(13-5-6-24(11-13)19(27)20(2,3)4)8-17(23-12)14-7-15(18(25)26)10-21-9-14/h7-10,13H,5-6,11H2,1-4H3,(H,25,26)/t13-/m1/s1. The summed E-state index contributed by atoms with van der Waals surface area (Å²) in [6.45, 7) is 8.96. The van der Waals surface area contributed by atoms with Crippen molar-refractivity contribution in [1.29, 1.82) is 0 Å². The van der Waals surface area contributed by atoms with Gasteiger partial charge in [0.2, 0.25) is 5.91 Å². The molecule has 0 saturated carbocycles. The third-order valence-corrected chi connectivity index (χ3v) is 4.67. The van der Waals surface area contributed by atoms with Gasteiger partial charge in [-0.2, -0.15) is 0 Å². The minimum atomic E-state index is -1.03. The molecule has 0 unspecified atom stereocenters. The summed E-state index contributed by atoms with van der Waals surface area (Å²) in [6, 6.07) is 3.44. The number of hydrogen-bond acceptors (Lipinski definition) is 5. The highest BCUT2D eigenvalue weighted by Gasteiger charge is 2.34. The third kappa shape index (κ3) is 4.13. The van der Waals surface area contributed by atoms with Gasteiger partial charge in [-0.1, -0.05) is 20.8 Å². The van der Waals surface area contributed by atoms with E-state index in [0.29, 0.717) is 23.6 Å². The quantitative estimate of drug-likeness (QED) is 0.895. The molecule has 0 aliphatic carbocycles. The van der Waals surface area contributed by atoms with Gasteiger partial charge in [0.05, 0.1) is 11.3 Å². The number of carboxylic acid groups (broad SMARTS) is 1. The summed E-state index contributed by atoms with van der Waals surface area (Å²) in [5, 5.41) is 9.17. The van der Waals surface area contributed by atoms with Crippen LogP contribution in [0.15, 0.2) is 24.5 Å². The van der Waals surface area contributed by atoms with E-state index in [1.54, 1.807) is 12.3 Å². The first-order valence-electron chi connectivity index (χ1n) is 8.99. The molecular weight excluding hydrogens is 344 g/mol. The van der Waals surface area contributed by atoms with E-state index in [0.717, 1.165) is 18.7 Å². The SMILES string of the molecule is Cc1nc(-c2cncc(C(=O)O)c2)cc([C@@H]2CCN(C(=O)C(C)(C)C)C2)n1. The van der Waals surface area contributed by atoms with Crippen molar-refractivity contribution in [2.45, 2.75) is 40.0 Å². The predicted molar refractivity (Wildman–Crippen MR) is 100 cm³/mol. The molecule has 27 heavy (non-hydrogen) atoms. The number of aromatic nitrogens is 3. The molecular formula is C20H24N4O3. The first kappa shape index (κ1) is 18.9. The summed E-state index contributed by atoms with van der Waals surface area (Å²) in [6.07, 6.45) is 3.76. The van der Waals surface area contributed by atoms with Crippen molar-refractivity contribution >= 4 is 11.9 Å². The largest absolute Gasteiger partial charge is 0.478 e. The maximum Gasteiger partial charge on any atom is 0.337 e. The summed E-state index contributed by atoms with van der Waals surface area (Å²) < 4.78 is 0. The van der Waals surface area contributed by atoms with Crippen molar-refractivity contribution in [1.82, 2.24) is 19.9 Å². The second-order valence-corrected chi connectivity index (χ2v) is 7.98. The number of nitrogens with zero attached hydrogens (tertiary/aromatic N) is 4. The van der Waals surface area contributed by atoms with Gasteiger partial charge < -0.3 is 10.0 Å². The molecule has 0 bridgehead atoms. The molecule has 1 amide bonds. The third-order valence-electron chi connectivity index (χ3n) is 4.67. The minimum absolute atomic E-state index is 0.119. The van der Waals surface area contributed by atoms with Crippen LogP contribution >= 0.6 is 0 Å². The Labute approximate surface area is 158 Å². The molecule has 0 aromatic carbocycles. The molecule has 2 aromatic rings. The molecule has 0 radical (unpaired) electrons. The fourth-order valence-electron chi connectivity index (χ4n) is 3.31. The number of aromatic carboxylic acids is 1. The lowest BCUT2D eigenvalue weighted by Gasteiger charge is -2.25. The van der Waals surface area contributed by atoms with E-state index >= 15 is 0 Å². The normalized spacial score (nSPS) is 17.2. The first-order valence-corrected chi connectivity index (χ1v) is 8.99. The Morgan fingerprint density at radius 1 is 1.19 bits per heavy atom. The molecule has 7 heteroatoms. The Morgan fingerprint density at radius 3 is 2.59 bits per heavy atom. The Kier molecular flexibility index (Phi) is 4.95. The maximum atomic E-state index is 12.5. The van der Waals surface area contributed by atoms with Crippen LogP contribution in [0.25, 0.3) is 11.3 Å². The van der Waals surface area contributed by atoms with E-state index in [1.165, 1.54) is 6.20 Å². The zero-order valence-corrected chi connectivity index (χ0v) is 16.1. The number of pyridine rings is 1. The molecule has 3 rings (SSSR count). The Hall–Kier alpha value is -2.83. The van der Waals surface area contributed by atoms with Gasteiger partial charge in [0.1, 0.15) is 5.82 Å². The van der Waals surface area contributed by atoms with Crippen molar-refractivity contribution in [3.05, 3.63) is 41.6 Å². The Morgan fingerprint density at radius 2 is 1.93 bits per heavy atom. The molecule has 1 atom stereocenters. The second-order valence-electron chi connectivity index (χ2n) is 7.98. The Bertz CT molecular complexity index is 889. The van der Waals surface area contributed by atoms with Gasteiger partial charge >= 0.3 is 5.97 Å². The molecule has 7 nitrogen and oxygen atoms in total. The van der Waals surface area contributed by atoms with Crippen LogP contribution in [0.2, 0.25) is 0 Å². The molecule has 0 spiro atoms. The molecule has 2 aromatic heterocycles. The zero-order chi connectivity index (χ0) is 19.8. The van der Waals surface area contributed by atoms with Crippen molar-refractivity contribution in [3.8, 4) is 11.3 Å². The number of carboxylic acids is 1. The lowest BCUT2D eigenvalue weighted by atomic mass is 9.95. The molecule has 1 saturated heterocycles. The summed E-state index contributed by atoms with van der Waals surface area (Å²) in [4.78, 5) is 38.6. The average molecular weight is 368 g/mol. The van der Waals surface area contributed by atoms with E-state index in [1.807, 2.05) is 38.7 Å². The van der Waals surface area contributed by atoms with Crippen LogP contribution < -0.4 is 0 Å². The van der Waals surface area contributed by atoms with Crippen LogP contribution in [0.1, 0.15) is 55.0 Å². The van der Waals surface area contributed by atoms with Gasteiger partial charge in [0.25, 0.3) is 0 Å². The highest BCUT2D eigenvalue weighted by atomic mass is 16.4. The number of likely N-dealkylation sites (tertiary alicyclic amines) is 1. The lowest BCUT2D eigenvalue weighted by Crippen LogP contribution is -2.37. The number of rotatable bonds is 3. The van der Waals surface area contributed by atoms with Gasteiger partial charge in [0, 0.05) is 48.1 Å². The number of hydrogen-bond donors (Lipinski definition) is 1. The van der Waals surface area contributed by atoms with E-state index in [4.69, 9.17) is 0 Å². The molecule has 1 fully saturated rings. The lowest BCUT2D eigenvalue weighted by molar-refractivity contribution is -0.138. The molecule has 1 N–H and O–H groups in total. The van der Waals surface area contributed by atoms with Crippen molar-refractivity contribution in [2.24, 2.45) is 5.41 Å². The highest BCUT2D eigenvalue weighted by Crippen LogP contribution is 2.31. The smallest absolute Gasteiger partial charge is 0.337 e. The zero-order valence-electron chi connectivity index (χ0n) is 16.1. The van der Waals surface area contributed by atoms with Crippen LogP contribution in [0.5, 0.6) is 0 Å². The van der Waals surface area contributed by atoms with Crippen molar-refractivity contribution < 1.29 is 14.7 Å². The summed E-state index contributed by atoms with van der Waals surface area (Å²) in [5.74, 6) is -0.118. The minimum Gasteiger partial charge on any atom is -0.478 e. The van der Waals surface area contributed by atoms with Crippen LogP contribution in [0, 0.1) is 12.3 Å². The molecule has 3 heterocycles. The van der Waals surface area contributed by atoms with E-state index < -0.39 is 11.4 Å². The van der Waals surface area contributed by atoms with Crippen LogP contribution in [0.4, 0.5) is 0 Å².